The van der Waals surface area contributed by atoms with Crippen LogP contribution in [0.5, 0.6) is 0 Å². The number of hydrogen-bond acceptors (Lipinski definition) is 2. The van der Waals surface area contributed by atoms with Gasteiger partial charge in [-0.25, -0.2) is 0 Å². The lowest BCUT2D eigenvalue weighted by Crippen LogP contribution is -2.35. The molecule has 1 N–H and O–H groups in total. The van der Waals surface area contributed by atoms with E-state index in [1.807, 2.05) is 6.92 Å². The molecule has 0 fully saturated rings. The molecule has 1 atom stereocenters. The molecule has 0 radical (unpaired) electrons. The molecular weight excluding hydrogens is 288 g/mol. The molecule has 1 aromatic carbocycles. The van der Waals surface area contributed by atoms with Crippen molar-refractivity contribution in [3.63, 3.8) is 0 Å². The van der Waals surface area contributed by atoms with E-state index in [1.54, 1.807) is 29.0 Å². The summed E-state index contributed by atoms with van der Waals surface area (Å²) in [6.45, 7) is 4.26. The van der Waals surface area contributed by atoms with Crippen molar-refractivity contribution in [2.45, 2.75) is 39.3 Å². The summed E-state index contributed by atoms with van der Waals surface area (Å²) in [6.07, 6.45) is 3.62. The van der Waals surface area contributed by atoms with Crippen LogP contribution in [0.3, 0.4) is 0 Å². The van der Waals surface area contributed by atoms with Crippen LogP contribution < -0.4 is 10.7 Å². The van der Waals surface area contributed by atoms with Gasteiger partial charge in [-0.15, -0.1) is 0 Å². The highest BCUT2D eigenvalue weighted by molar-refractivity contribution is 6.31. The Labute approximate surface area is 128 Å². The van der Waals surface area contributed by atoms with Crippen LogP contribution in [-0.4, -0.2) is 16.5 Å². The quantitative estimate of drug-likeness (QED) is 0.923. The summed E-state index contributed by atoms with van der Waals surface area (Å²) in [6, 6.07) is 6.73. The molecule has 1 amide bonds. The van der Waals surface area contributed by atoms with Gasteiger partial charge in [0.05, 0.1) is 5.52 Å². The summed E-state index contributed by atoms with van der Waals surface area (Å²) in [4.78, 5) is 23.9. The van der Waals surface area contributed by atoms with Crippen LogP contribution in [0.25, 0.3) is 10.9 Å². The van der Waals surface area contributed by atoms with Crippen molar-refractivity contribution in [1.29, 1.82) is 0 Å². The summed E-state index contributed by atoms with van der Waals surface area (Å²) >= 11 is 5.92. The number of carbonyl (C=O) groups is 1. The molecule has 0 unspecified atom stereocenters. The van der Waals surface area contributed by atoms with Crippen molar-refractivity contribution in [1.82, 2.24) is 9.88 Å². The fraction of sp³-hybridized carbons (Fsp3) is 0.375. The van der Waals surface area contributed by atoms with E-state index >= 15 is 0 Å². The number of rotatable bonds is 5. The first-order valence-corrected chi connectivity index (χ1v) is 7.47. The standard InChI is InChI=1S/C16H19ClN2O2/c1-3-4-11(2)18-16(21)10-19-8-7-15(20)13-9-12(17)5-6-14(13)19/h5-9,11H,3-4,10H2,1-2H3,(H,18,21)/t11-/m0/s1. The van der Waals surface area contributed by atoms with E-state index in [0.29, 0.717) is 15.9 Å². The van der Waals surface area contributed by atoms with Crippen molar-refractivity contribution in [3.05, 3.63) is 45.7 Å². The molecule has 2 rings (SSSR count). The Bertz CT molecular complexity index is 709. The Hall–Kier alpha value is -1.81. The second-order valence-electron chi connectivity index (χ2n) is 5.23. The van der Waals surface area contributed by atoms with E-state index in [-0.39, 0.29) is 23.9 Å². The monoisotopic (exact) mass is 306 g/mol. The Balaban J connectivity index is 2.25. The van der Waals surface area contributed by atoms with Gasteiger partial charge in [-0.1, -0.05) is 24.9 Å². The predicted molar refractivity (Wildman–Crippen MR) is 85.7 cm³/mol. The Morgan fingerprint density at radius 2 is 2.14 bits per heavy atom. The van der Waals surface area contributed by atoms with Gasteiger partial charge >= 0.3 is 0 Å². The number of carbonyl (C=O) groups excluding carboxylic acids is 1. The maximum absolute atomic E-state index is 12.1. The van der Waals surface area contributed by atoms with E-state index in [9.17, 15) is 9.59 Å². The average Bonchev–Trinajstić information content (AvgIpc) is 2.42. The summed E-state index contributed by atoms with van der Waals surface area (Å²) in [5.74, 6) is -0.0594. The third-order valence-corrected chi connectivity index (χ3v) is 3.62. The average molecular weight is 307 g/mol. The molecule has 0 aliphatic rings. The van der Waals surface area contributed by atoms with E-state index in [1.165, 1.54) is 6.07 Å². The number of nitrogens with one attached hydrogen (secondary N) is 1. The summed E-state index contributed by atoms with van der Waals surface area (Å²) < 4.78 is 1.76. The number of benzene rings is 1. The van der Waals surface area contributed by atoms with Gasteiger partial charge in [-0.3, -0.25) is 9.59 Å². The number of pyridine rings is 1. The Morgan fingerprint density at radius 1 is 1.38 bits per heavy atom. The molecule has 1 aromatic heterocycles. The molecular formula is C16H19ClN2O2. The van der Waals surface area contributed by atoms with Crippen LogP contribution in [0.4, 0.5) is 0 Å². The van der Waals surface area contributed by atoms with Gasteiger partial charge in [0.2, 0.25) is 5.91 Å². The predicted octanol–water partition coefficient (Wildman–Crippen LogP) is 2.96. The number of amides is 1. The number of fused-ring (bicyclic) bond motifs is 1. The molecule has 0 saturated heterocycles. The molecule has 4 nitrogen and oxygen atoms in total. The van der Waals surface area contributed by atoms with Gasteiger partial charge in [-0.2, -0.15) is 0 Å². The minimum Gasteiger partial charge on any atom is -0.352 e. The molecule has 21 heavy (non-hydrogen) atoms. The van der Waals surface area contributed by atoms with E-state index in [4.69, 9.17) is 11.6 Å². The lowest BCUT2D eigenvalue weighted by molar-refractivity contribution is -0.122. The lowest BCUT2D eigenvalue weighted by atomic mass is 10.2. The van der Waals surface area contributed by atoms with Crippen molar-refractivity contribution in [2.24, 2.45) is 0 Å². The van der Waals surface area contributed by atoms with E-state index < -0.39 is 0 Å². The molecule has 0 spiro atoms. The minimum atomic E-state index is -0.0940. The van der Waals surface area contributed by atoms with Crippen molar-refractivity contribution >= 4 is 28.4 Å². The highest BCUT2D eigenvalue weighted by Crippen LogP contribution is 2.16. The first kappa shape index (κ1) is 15.6. The molecule has 112 valence electrons. The van der Waals surface area contributed by atoms with Gasteiger partial charge in [0.25, 0.3) is 0 Å². The second kappa shape index (κ2) is 6.76. The van der Waals surface area contributed by atoms with Gasteiger partial charge < -0.3 is 9.88 Å². The third kappa shape index (κ3) is 3.85. The molecule has 1 heterocycles. The first-order chi connectivity index (χ1) is 10.0. The fourth-order valence-corrected chi connectivity index (χ4v) is 2.57. The zero-order valence-corrected chi connectivity index (χ0v) is 13.0. The van der Waals surface area contributed by atoms with Crippen molar-refractivity contribution in [2.75, 3.05) is 0 Å². The van der Waals surface area contributed by atoms with Gasteiger partial charge in [0, 0.05) is 28.7 Å². The Kier molecular flexibility index (Phi) is 5.02. The summed E-state index contributed by atoms with van der Waals surface area (Å²) in [7, 11) is 0. The molecule has 0 saturated carbocycles. The zero-order valence-electron chi connectivity index (χ0n) is 12.2. The van der Waals surface area contributed by atoms with Crippen LogP contribution in [0, 0.1) is 0 Å². The summed E-state index contributed by atoms with van der Waals surface area (Å²) in [5, 5.41) is 4.00. The van der Waals surface area contributed by atoms with Crippen LogP contribution >= 0.6 is 11.6 Å². The molecule has 0 aliphatic heterocycles. The minimum absolute atomic E-state index is 0.0594. The topological polar surface area (TPSA) is 51.1 Å². The second-order valence-corrected chi connectivity index (χ2v) is 5.66. The Morgan fingerprint density at radius 3 is 2.86 bits per heavy atom. The van der Waals surface area contributed by atoms with Gasteiger partial charge in [0.15, 0.2) is 5.43 Å². The molecule has 0 aliphatic carbocycles. The SMILES string of the molecule is CCC[C@H](C)NC(=O)Cn1ccc(=O)c2cc(Cl)ccc21. The number of hydrogen-bond donors (Lipinski definition) is 1. The lowest BCUT2D eigenvalue weighted by Gasteiger charge is -2.15. The van der Waals surface area contributed by atoms with E-state index in [2.05, 4.69) is 12.2 Å². The normalized spacial score (nSPS) is 12.3. The maximum atomic E-state index is 12.1. The van der Waals surface area contributed by atoms with Crippen LogP contribution in [0.2, 0.25) is 5.02 Å². The molecule has 0 bridgehead atoms. The molecule has 2 aromatic rings. The fourth-order valence-electron chi connectivity index (χ4n) is 2.40. The maximum Gasteiger partial charge on any atom is 0.240 e. The first-order valence-electron chi connectivity index (χ1n) is 7.09. The largest absolute Gasteiger partial charge is 0.352 e. The highest BCUT2D eigenvalue weighted by Gasteiger charge is 2.09. The number of nitrogens with zero attached hydrogens (tertiary/aromatic N) is 1. The van der Waals surface area contributed by atoms with Crippen molar-refractivity contribution in [3.8, 4) is 0 Å². The van der Waals surface area contributed by atoms with Gasteiger partial charge in [0.1, 0.15) is 6.54 Å². The highest BCUT2D eigenvalue weighted by atomic mass is 35.5. The van der Waals surface area contributed by atoms with Gasteiger partial charge in [-0.05, 0) is 31.5 Å². The van der Waals surface area contributed by atoms with Crippen LogP contribution in [0.15, 0.2) is 35.3 Å². The number of halogens is 1. The summed E-state index contributed by atoms with van der Waals surface area (Å²) in [5.41, 5.74) is 0.619. The zero-order chi connectivity index (χ0) is 15.4. The van der Waals surface area contributed by atoms with Crippen molar-refractivity contribution < 1.29 is 4.79 Å². The van der Waals surface area contributed by atoms with E-state index in [0.717, 1.165) is 12.8 Å². The number of aromatic nitrogens is 1. The molecule has 5 heteroatoms. The third-order valence-electron chi connectivity index (χ3n) is 3.38. The van der Waals surface area contributed by atoms with Crippen LogP contribution in [0.1, 0.15) is 26.7 Å². The van der Waals surface area contributed by atoms with Crippen LogP contribution in [-0.2, 0) is 11.3 Å². The smallest absolute Gasteiger partial charge is 0.240 e.